The number of rotatable bonds is 4. The number of carbonyl (C=O) groups excluding carboxylic acids is 1. The Hall–Kier alpha value is -1.88. The smallest absolute Gasteiger partial charge is 0.253 e. The number of nitrogens with zero attached hydrogens (tertiary/aromatic N) is 2. The fourth-order valence-electron chi connectivity index (χ4n) is 3.91. The Morgan fingerprint density at radius 2 is 2.21 bits per heavy atom. The van der Waals surface area contributed by atoms with Crippen LogP contribution in [0.3, 0.4) is 0 Å². The highest BCUT2D eigenvalue weighted by Gasteiger charge is 2.35. The molecule has 0 radical (unpaired) electrons. The molecule has 4 heterocycles. The summed E-state index contributed by atoms with van der Waals surface area (Å²) in [5.41, 5.74) is 2.01. The van der Waals surface area contributed by atoms with Gasteiger partial charge in [-0.3, -0.25) is 4.79 Å². The van der Waals surface area contributed by atoms with Gasteiger partial charge in [-0.05, 0) is 50.4 Å². The van der Waals surface area contributed by atoms with Gasteiger partial charge in [-0.1, -0.05) is 19.9 Å². The quantitative estimate of drug-likeness (QED) is 0.937. The summed E-state index contributed by atoms with van der Waals surface area (Å²) in [4.78, 5) is 19.9. The maximum Gasteiger partial charge on any atom is 0.253 e. The van der Waals surface area contributed by atoms with Crippen molar-refractivity contribution in [1.29, 1.82) is 0 Å². The molecule has 3 saturated heterocycles. The van der Waals surface area contributed by atoms with E-state index in [0.717, 1.165) is 18.9 Å². The maximum absolute atomic E-state index is 12.8. The van der Waals surface area contributed by atoms with E-state index < -0.39 is 0 Å². The number of benzene rings is 1. The number of hydrogen-bond donors (Lipinski definition) is 1. The van der Waals surface area contributed by atoms with Gasteiger partial charge >= 0.3 is 0 Å². The van der Waals surface area contributed by atoms with Crippen molar-refractivity contribution in [3.05, 3.63) is 29.7 Å². The largest absolute Gasteiger partial charge is 0.440 e. The molecule has 1 aromatic carbocycles. The van der Waals surface area contributed by atoms with Crippen molar-refractivity contribution < 1.29 is 9.21 Å². The summed E-state index contributed by atoms with van der Waals surface area (Å²) in [5, 5.41) is 3.25. The van der Waals surface area contributed by atoms with Crippen LogP contribution in [0.25, 0.3) is 11.1 Å². The van der Waals surface area contributed by atoms with Crippen molar-refractivity contribution in [2.24, 2.45) is 5.92 Å². The van der Waals surface area contributed by atoms with E-state index in [1.165, 1.54) is 25.9 Å². The first-order valence-electron chi connectivity index (χ1n) is 9.08. The van der Waals surface area contributed by atoms with Gasteiger partial charge in [-0.15, -0.1) is 0 Å². The highest BCUT2D eigenvalue weighted by molar-refractivity contribution is 6.04. The Bertz CT molecular complexity index is 746. The van der Waals surface area contributed by atoms with E-state index >= 15 is 0 Å². The molecular weight excluding hydrogens is 302 g/mol. The highest BCUT2D eigenvalue weighted by Crippen LogP contribution is 2.29. The molecule has 128 valence electrons. The first kappa shape index (κ1) is 15.6. The van der Waals surface area contributed by atoms with Gasteiger partial charge in [0.15, 0.2) is 11.5 Å². The molecule has 24 heavy (non-hydrogen) atoms. The van der Waals surface area contributed by atoms with Gasteiger partial charge in [0.25, 0.3) is 5.91 Å². The lowest BCUT2D eigenvalue weighted by molar-refractivity contribution is 0.0621. The van der Waals surface area contributed by atoms with Crippen LogP contribution in [0.1, 0.15) is 55.3 Å². The molecule has 1 aromatic heterocycles. The molecule has 5 heteroatoms. The summed E-state index contributed by atoms with van der Waals surface area (Å²) in [7, 11) is 0. The topological polar surface area (TPSA) is 58.4 Å². The van der Waals surface area contributed by atoms with Crippen molar-refractivity contribution in [2.75, 3.05) is 19.6 Å². The van der Waals surface area contributed by atoms with E-state index in [-0.39, 0.29) is 17.9 Å². The lowest BCUT2D eigenvalue weighted by atomic mass is 9.84. The van der Waals surface area contributed by atoms with E-state index in [1.54, 1.807) is 0 Å². The van der Waals surface area contributed by atoms with Crippen LogP contribution in [0.15, 0.2) is 22.6 Å². The number of amides is 1. The average Bonchev–Trinajstić information content (AvgIpc) is 3.06. The number of aromatic nitrogens is 1. The van der Waals surface area contributed by atoms with Gasteiger partial charge in [0.05, 0.1) is 5.56 Å². The predicted octanol–water partition coefficient (Wildman–Crippen LogP) is 3.17. The van der Waals surface area contributed by atoms with Gasteiger partial charge in [-0.25, -0.2) is 4.98 Å². The molecule has 3 aliphatic rings. The minimum Gasteiger partial charge on any atom is -0.440 e. The summed E-state index contributed by atoms with van der Waals surface area (Å²) in [5.74, 6) is 1.57. The van der Waals surface area contributed by atoms with Crippen molar-refractivity contribution in [1.82, 2.24) is 15.2 Å². The van der Waals surface area contributed by atoms with E-state index in [4.69, 9.17) is 4.42 Å². The fourth-order valence-corrected chi connectivity index (χ4v) is 3.91. The molecule has 2 bridgehead atoms. The van der Waals surface area contributed by atoms with E-state index in [0.29, 0.717) is 22.6 Å². The fraction of sp³-hybridized carbons (Fsp3) is 0.579. The summed E-state index contributed by atoms with van der Waals surface area (Å²) in [6.07, 6.45) is 3.35. The van der Waals surface area contributed by atoms with E-state index in [2.05, 4.69) is 29.0 Å². The summed E-state index contributed by atoms with van der Waals surface area (Å²) in [6.45, 7) is 7.53. The average molecular weight is 327 g/mol. The second-order valence-electron chi connectivity index (χ2n) is 7.23. The first-order chi connectivity index (χ1) is 11.7. The number of nitrogens with one attached hydrogen (secondary N) is 1. The Kier molecular flexibility index (Phi) is 4.04. The predicted molar refractivity (Wildman–Crippen MR) is 93.1 cm³/mol. The van der Waals surface area contributed by atoms with Gasteiger partial charge < -0.3 is 14.6 Å². The standard InChI is InChI=1S/C19H25N3O2/c1-3-12(2)19-21-17-14(5-4-6-16(17)24-19)18(23)20-15-11-22-9-7-13(15)8-10-22/h4-6,12-13,15H,3,7-11H2,1-2H3,(H,20,23)/t12?,15-/m1/s1. The van der Waals surface area contributed by atoms with Gasteiger partial charge in [-0.2, -0.15) is 0 Å². The van der Waals surface area contributed by atoms with Crippen LogP contribution >= 0.6 is 0 Å². The van der Waals surface area contributed by atoms with Crippen molar-refractivity contribution in [3.8, 4) is 0 Å². The minimum absolute atomic E-state index is 0.0247. The minimum atomic E-state index is -0.0247. The Morgan fingerprint density at radius 1 is 1.42 bits per heavy atom. The molecule has 0 saturated carbocycles. The monoisotopic (exact) mass is 327 g/mol. The molecule has 2 aromatic rings. The lowest BCUT2D eigenvalue weighted by Crippen LogP contribution is -2.57. The molecule has 5 nitrogen and oxygen atoms in total. The van der Waals surface area contributed by atoms with Crippen LogP contribution in [-0.2, 0) is 0 Å². The molecule has 1 N–H and O–H groups in total. The second-order valence-corrected chi connectivity index (χ2v) is 7.23. The molecular formula is C19H25N3O2. The van der Waals surface area contributed by atoms with Crippen LogP contribution < -0.4 is 5.32 Å². The Labute approximate surface area is 142 Å². The number of para-hydroxylation sites is 1. The molecule has 1 unspecified atom stereocenters. The van der Waals surface area contributed by atoms with Crippen LogP contribution in [0.2, 0.25) is 0 Å². The third kappa shape index (κ3) is 2.71. The maximum atomic E-state index is 12.8. The third-order valence-electron chi connectivity index (χ3n) is 5.69. The molecule has 2 atom stereocenters. The zero-order valence-electron chi connectivity index (χ0n) is 14.4. The van der Waals surface area contributed by atoms with Gasteiger partial charge in [0.2, 0.25) is 0 Å². The first-order valence-corrected chi connectivity index (χ1v) is 9.08. The molecule has 3 fully saturated rings. The van der Waals surface area contributed by atoms with Crippen molar-refractivity contribution in [2.45, 2.75) is 45.1 Å². The van der Waals surface area contributed by atoms with Gasteiger partial charge in [0, 0.05) is 18.5 Å². The SMILES string of the molecule is CCC(C)c1nc2c(C(=O)N[C@@H]3CN4CCC3CC4)cccc2o1. The molecule has 3 aliphatic heterocycles. The zero-order chi connectivity index (χ0) is 16.7. The molecule has 0 spiro atoms. The second kappa shape index (κ2) is 6.20. The molecule has 0 aliphatic carbocycles. The molecule has 1 amide bonds. The number of piperidine rings is 3. The van der Waals surface area contributed by atoms with Gasteiger partial charge in [0.1, 0.15) is 5.52 Å². The zero-order valence-corrected chi connectivity index (χ0v) is 14.4. The van der Waals surface area contributed by atoms with E-state index in [9.17, 15) is 4.79 Å². The lowest BCUT2D eigenvalue weighted by Gasteiger charge is -2.44. The van der Waals surface area contributed by atoms with Crippen LogP contribution in [-0.4, -0.2) is 41.5 Å². The van der Waals surface area contributed by atoms with Crippen LogP contribution in [0.4, 0.5) is 0 Å². The number of carbonyl (C=O) groups is 1. The Balaban J connectivity index is 1.59. The third-order valence-corrected chi connectivity index (χ3v) is 5.69. The highest BCUT2D eigenvalue weighted by atomic mass is 16.3. The van der Waals surface area contributed by atoms with Crippen LogP contribution in [0.5, 0.6) is 0 Å². The summed E-state index contributed by atoms with van der Waals surface area (Å²) < 4.78 is 5.85. The number of fused-ring (bicyclic) bond motifs is 4. The van der Waals surface area contributed by atoms with Crippen molar-refractivity contribution >= 4 is 17.0 Å². The number of hydrogen-bond acceptors (Lipinski definition) is 4. The Morgan fingerprint density at radius 3 is 2.88 bits per heavy atom. The normalized spacial score (nSPS) is 27.3. The summed E-state index contributed by atoms with van der Waals surface area (Å²) >= 11 is 0. The molecule has 5 rings (SSSR count). The van der Waals surface area contributed by atoms with E-state index in [1.807, 2.05) is 18.2 Å². The van der Waals surface area contributed by atoms with Crippen molar-refractivity contribution in [3.63, 3.8) is 0 Å². The van der Waals surface area contributed by atoms with Crippen LogP contribution in [0, 0.1) is 5.92 Å². The number of oxazole rings is 1. The summed E-state index contributed by atoms with van der Waals surface area (Å²) in [6, 6.07) is 5.87.